The molecule has 0 radical (unpaired) electrons. The van der Waals surface area contributed by atoms with Gasteiger partial charge in [-0.1, -0.05) is 6.07 Å². The number of carbonyl (C=O) groups excluding carboxylic acids is 1. The van der Waals surface area contributed by atoms with Crippen molar-refractivity contribution in [3.8, 4) is 17.6 Å². The summed E-state index contributed by atoms with van der Waals surface area (Å²) in [4.78, 5) is 12.0. The van der Waals surface area contributed by atoms with E-state index in [0.29, 0.717) is 12.1 Å². The summed E-state index contributed by atoms with van der Waals surface area (Å²) in [5, 5.41) is 21.4. The largest absolute Gasteiger partial charge is 0.504 e. The number of aromatic hydroxyl groups is 1. The van der Waals surface area contributed by atoms with Crippen molar-refractivity contribution in [3.63, 3.8) is 0 Å². The molecule has 1 aromatic carbocycles. The molecule has 1 saturated heterocycles. The summed E-state index contributed by atoms with van der Waals surface area (Å²) in [7, 11) is 1.43. The van der Waals surface area contributed by atoms with Gasteiger partial charge in [0, 0.05) is 13.2 Å². The number of hydrogen-bond donors (Lipinski definition) is 2. The standard InChI is InChI=1S/C16H18N2O4/c1-21-15-8-11(4-5-14(15)19)7-12(9-17)16(20)18-10-13-3-2-6-22-13/h4-5,7-8,13,19H,2-3,6,10H2,1H3,(H,18,20)/b12-7+/t13-/m1/s1. The van der Waals surface area contributed by atoms with Crippen LogP contribution < -0.4 is 10.1 Å². The Labute approximate surface area is 129 Å². The topological polar surface area (TPSA) is 91.6 Å². The summed E-state index contributed by atoms with van der Waals surface area (Å²) in [6.07, 6.45) is 3.39. The summed E-state index contributed by atoms with van der Waals surface area (Å²) >= 11 is 0. The monoisotopic (exact) mass is 302 g/mol. The third-order valence-corrected chi connectivity index (χ3v) is 3.39. The van der Waals surface area contributed by atoms with Crippen LogP contribution in [0.15, 0.2) is 23.8 Å². The van der Waals surface area contributed by atoms with Crippen molar-refractivity contribution in [2.75, 3.05) is 20.3 Å². The van der Waals surface area contributed by atoms with Crippen LogP contribution in [0.3, 0.4) is 0 Å². The van der Waals surface area contributed by atoms with Crippen molar-refractivity contribution < 1.29 is 19.4 Å². The number of carbonyl (C=O) groups is 1. The van der Waals surface area contributed by atoms with Gasteiger partial charge >= 0.3 is 0 Å². The van der Waals surface area contributed by atoms with Gasteiger partial charge in [0.15, 0.2) is 11.5 Å². The third-order valence-electron chi connectivity index (χ3n) is 3.39. The van der Waals surface area contributed by atoms with E-state index in [1.807, 2.05) is 6.07 Å². The van der Waals surface area contributed by atoms with E-state index in [4.69, 9.17) is 14.7 Å². The van der Waals surface area contributed by atoms with Gasteiger partial charge in [-0.2, -0.15) is 5.26 Å². The van der Waals surface area contributed by atoms with Crippen molar-refractivity contribution in [2.45, 2.75) is 18.9 Å². The number of rotatable bonds is 5. The van der Waals surface area contributed by atoms with Crippen LogP contribution in [0, 0.1) is 11.3 Å². The van der Waals surface area contributed by atoms with E-state index in [1.165, 1.54) is 19.3 Å². The number of nitrogens with one attached hydrogen (secondary N) is 1. The molecular formula is C16H18N2O4. The van der Waals surface area contributed by atoms with Crippen LogP contribution in [0.4, 0.5) is 0 Å². The SMILES string of the molecule is COc1cc(/C=C(\C#N)C(=O)NC[C@H]2CCCO2)ccc1O. The molecule has 1 atom stereocenters. The van der Waals surface area contributed by atoms with Gasteiger partial charge < -0.3 is 19.9 Å². The van der Waals surface area contributed by atoms with Gasteiger partial charge in [0.1, 0.15) is 11.6 Å². The van der Waals surface area contributed by atoms with Gasteiger partial charge in [-0.05, 0) is 36.6 Å². The van der Waals surface area contributed by atoms with Crippen molar-refractivity contribution in [2.24, 2.45) is 0 Å². The fourth-order valence-electron chi connectivity index (χ4n) is 2.21. The van der Waals surface area contributed by atoms with Gasteiger partial charge in [-0.3, -0.25) is 4.79 Å². The molecule has 6 nitrogen and oxygen atoms in total. The summed E-state index contributed by atoms with van der Waals surface area (Å²) < 4.78 is 10.4. The lowest BCUT2D eigenvalue weighted by Gasteiger charge is -2.10. The Hall–Kier alpha value is -2.52. The van der Waals surface area contributed by atoms with Gasteiger partial charge in [0.2, 0.25) is 0 Å². The molecule has 1 heterocycles. The molecule has 0 bridgehead atoms. The molecule has 2 rings (SSSR count). The van der Waals surface area contributed by atoms with Crippen LogP contribution in [0.5, 0.6) is 11.5 Å². The van der Waals surface area contributed by atoms with Gasteiger partial charge in [-0.25, -0.2) is 0 Å². The Morgan fingerprint density at radius 1 is 1.64 bits per heavy atom. The van der Waals surface area contributed by atoms with Crippen LogP contribution in [0.2, 0.25) is 0 Å². The number of ether oxygens (including phenoxy) is 2. The first-order valence-electron chi connectivity index (χ1n) is 7.02. The molecule has 0 aliphatic carbocycles. The second-order valence-electron chi connectivity index (χ2n) is 4.95. The van der Waals surface area contributed by atoms with Crippen LogP contribution in [-0.4, -0.2) is 37.4 Å². The molecule has 0 unspecified atom stereocenters. The maximum atomic E-state index is 12.0. The Morgan fingerprint density at radius 2 is 2.45 bits per heavy atom. The van der Waals surface area contributed by atoms with Crippen LogP contribution in [-0.2, 0) is 9.53 Å². The zero-order valence-corrected chi connectivity index (χ0v) is 12.3. The average molecular weight is 302 g/mol. The second-order valence-corrected chi connectivity index (χ2v) is 4.95. The smallest absolute Gasteiger partial charge is 0.262 e. The summed E-state index contributed by atoms with van der Waals surface area (Å²) in [5.74, 6) is -0.156. The molecule has 1 aromatic rings. The molecule has 0 aromatic heterocycles. The number of amides is 1. The summed E-state index contributed by atoms with van der Waals surface area (Å²) in [5.41, 5.74) is 0.587. The van der Waals surface area contributed by atoms with Gasteiger partial charge in [0.05, 0.1) is 13.2 Å². The Bertz CT molecular complexity index is 613. The van der Waals surface area contributed by atoms with E-state index in [9.17, 15) is 9.90 Å². The lowest BCUT2D eigenvalue weighted by Crippen LogP contribution is -2.32. The quantitative estimate of drug-likeness (QED) is 0.637. The number of phenols is 1. The maximum Gasteiger partial charge on any atom is 0.262 e. The fraction of sp³-hybridized carbons (Fsp3) is 0.375. The van der Waals surface area contributed by atoms with E-state index in [2.05, 4.69) is 5.32 Å². The van der Waals surface area contributed by atoms with E-state index < -0.39 is 5.91 Å². The Balaban J connectivity index is 2.06. The first-order valence-corrected chi connectivity index (χ1v) is 7.02. The van der Waals surface area contributed by atoms with E-state index >= 15 is 0 Å². The first-order chi connectivity index (χ1) is 10.6. The van der Waals surface area contributed by atoms with Crippen LogP contribution in [0.1, 0.15) is 18.4 Å². The summed E-state index contributed by atoms with van der Waals surface area (Å²) in [6, 6.07) is 6.49. The van der Waals surface area contributed by atoms with E-state index in [0.717, 1.165) is 19.4 Å². The highest BCUT2D eigenvalue weighted by atomic mass is 16.5. The number of nitrogens with zero attached hydrogens (tertiary/aromatic N) is 1. The predicted molar refractivity (Wildman–Crippen MR) is 80.2 cm³/mol. The van der Waals surface area contributed by atoms with Crippen molar-refractivity contribution >= 4 is 12.0 Å². The lowest BCUT2D eigenvalue weighted by atomic mass is 10.1. The third kappa shape index (κ3) is 3.99. The normalized spacial score (nSPS) is 17.8. The number of hydrogen-bond acceptors (Lipinski definition) is 5. The zero-order chi connectivity index (χ0) is 15.9. The molecule has 0 saturated carbocycles. The van der Waals surface area contributed by atoms with Crippen molar-refractivity contribution in [1.29, 1.82) is 5.26 Å². The van der Waals surface area contributed by atoms with E-state index in [1.54, 1.807) is 12.1 Å². The van der Waals surface area contributed by atoms with Crippen LogP contribution in [0.25, 0.3) is 6.08 Å². The highest BCUT2D eigenvalue weighted by Gasteiger charge is 2.17. The molecule has 1 aliphatic heterocycles. The highest BCUT2D eigenvalue weighted by Crippen LogP contribution is 2.27. The van der Waals surface area contributed by atoms with Crippen LogP contribution >= 0.6 is 0 Å². The minimum absolute atomic E-state index is 0.000918. The van der Waals surface area contributed by atoms with Gasteiger partial charge in [-0.15, -0.1) is 0 Å². The molecule has 1 aliphatic rings. The highest BCUT2D eigenvalue weighted by molar-refractivity contribution is 6.01. The molecular weight excluding hydrogens is 284 g/mol. The number of nitriles is 1. The first kappa shape index (κ1) is 15.9. The lowest BCUT2D eigenvalue weighted by molar-refractivity contribution is -0.117. The molecule has 2 N–H and O–H groups in total. The predicted octanol–water partition coefficient (Wildman–Crippen LogP) is 1.60. The fourth-order valence-corrected chi connectivity index (χ4v) is 2.21. The Morgan fingerprint density at radius 3 is 3.09 bits per heavy atom. The molecule has 0 spiro atoms. The number of methoxy groups -OCH3 is 1. The van der Waals surface area contributed by atoms with Gasteiger partial charge in [0.25, 0.3) is 5.91 Å². The summed E-state index contributed by atoms with van der Waals surface area (Å²) in [6.45, 7) is 1.12. The second kappa shape index (κ2) is 7.48. The maximum absolute atomic E-state index is 12.0. The molecule has 1 amide bonds. The molecule has 22 heavy (non-hydrogen) atoms. The zero-order valence-electron chi connectivity index (χ0n) is 12.3. The number of benzene rings is 1. The van der Waals surface area contributed by atoms with Crippen molar-refractivity contribution in [3.05, 3.63) is 29.3 Å². The average Bonchev–Trinajstić information content (AvgIpc) is 3.05. The Kier molecular flexibility index (Phi) is 5.39. The minimum atomic E-state index is -0.440. The molecule has 1 fully saturated rings. The van der Waals surface area contributed by atoms with E-state index in [-0.39, 0.29) is 23.2 Å². The number of phenolic OH excluding ortho intramolecular Hbond substituents is 1. The molecule has 6 heteroatoms. The molecule has 116 valence electrons. The minimum Gasteiger partial charge on any atom is -0.504 e. The van der Waals surface area contributed by atoms with Crippen molar-refractivity contribution in [1.82, 2.24) is 5.32 Å².